The third kappa shape index (κ3) is 4.53. The Labute approximate surface area is 152 Å². The van der Waals surface area contributed by atoms with Crippen molar-refractivity contribution < 1.29 is 19.5 Å². The summed E-state index contributed by atoms with van der Waals surface area (Å²) < 4.78 is 0. The van der Waals surface area contributed by atoms with Gasteiger partial charge in [0.1, 0.15) is 0 Å². The second-order valence-electron chi connectivity index (χ2n) is 7.14. The average molecular weight is 359 g/mol. The van der Waals surface area contributed by atoms with E-state index in [1.165, 1.54) is 0 Å². The molecule has 0 aromatic heterocycles. The Balaban J connectivity index is 1.50. The van der Waals surface area contributed by atoms with Crippen molar-refractivity contribution in [3.8, 4) is 0 Å². The Morgan fingerprint density at radius 3 is 2.50 bits per heavy atom. The summed E-state index contributed by atoms with van der Waals surface area (Å²) in [4.78, 5) is 37.7. The molecule has 0 radical (unpaired) electrons. The molecule has 1 aliphatic carbocycles. The Kier molecular flexibility index (Phi) is 5.75. The van der Waals surface area contributed by atoms with Crippen molar-refractivity contribution in [3.05, 3.63) is 30.3 Å². The Hall–Kier alpha value is -2.57. The number of hydrogen-bond acceptors (Lipinski definition) is 3. The molecule has 3 N–H and O–H groups in total. The van der Waals surface area contributed by atoms with Gasteiger partial charge in [0.15, 0.2) is 0 Å². The predicted molar refractivity (Wildman–Crippen MR) is 96.7 cm³/mol. The molecule has 1 heterocycles. The van der Waals surface area contributed by atoms with Gasteiger partial charge in [0, 0.05) is 24.8 Å². The van der Waals surface area contributed by atoms with Crippen LogP contribution < -0.4 is 10.6 Å². The summed E-state index contributed by atoms with van der Waals surface area (Å²) in [5.41, 5.74) is 0.731. The number of carboxylic acids is 1. The van der Waals surface area contributed by atoms with Crippen LogP contribution in [0.1, 0.15) is 32.1 Å². The molecule has 0 spiro atoms. The number of anilines is 1. The van der Waals surface area contributed by atoms with Crippen LogP contribution in [0.4, 0.5) is 10.5 Å². The summed E-state index contributed by atoms with van der Waals surface area (Å²) in [6.45, 7) is 1.02. The number of rotatable bonds is 4. The minimum absolute atomic E-state index is 0.0711. The number of carbonyl (C=O) groups excluding carboxylic acids is 2. The molecular formula is C19H25N3O4. The lowest BCUT2D eigenvalue weighted by atomic mass is 9.97. The van der Waals surface area contributed by atoms with Gasteiger partial charge in [0.2, 0.25) is 5.91 Å². The van der Waals surface area contributed by atoms with Crippen LogP contribution in [0.5, 0.6) is 0 Å². The molecule has 3 rings (SSSR count). The van der Waals surface area contributed by atoms with Crippen LogP contribution >= 0.6 is 0 Å². The van der Waals surface area contributed by atoms with Crippen LogP contribution in [0.3, 0.4) is 0 Å². The largest absolute Gasteiger partial charge is 0.481 e. The number of amides is 3. The first-order chi connectivity index (χ1) is 12.5. The summed E-state index contributed by atoms with van der Waals surface area (Å²) in [6.07, 6.45) is 3.33. The molecular weight excluding hydrogens is 334 g/mol. The molecule has 140 valence electrons. The van der Waals surface area contributed by atoms with Crippen molar-refractivity contribution in [2.45, 2.75) is 38.1 Å². The monoisotopic (exact) mass is 359 g/mol. The number of nitrogens with one attached hydrogen (secondary N) is 2. The fraction of sp³-hybridized carbons (Fsp3) is 0.526. The molecule has 1 aromatic rings. The zero-order chi connectivity index (χ0) is 18.5. The maximum atomic E-state index is 12.5. The number of carbonyl (C=O) groups is 3. The summed E-state index contributed by atoms with van der Waals surface area (Å²) in [6, 6.07) is 8.98. The van der Waals surface area contributed by atoms with E-state index >= 15 is 0 Å². The van der Waals surface area contributed by atoms with Crippen LogP contribution in [-0.2, 0) is 9.59 Å². The van der Waals surface area contributed by atoms with Crippen molar-refractivity contribution in [1.29, 1.82) is 0 Å². The van der Waals surface area contributed by atoms with Crippen molar-refractivity contribution in [2.75, 3.05) is 18.4 Å². The quantitative estimate of drug-likeness (QED) is 0.768. The number of carboxylic acid groups (broad SMARTS) is 1. The molecule has 2 fully saturated rings. The highest BCUT2D eigenvalue weighted by atomic mass is 16.4. The third-order valence-corrected chi connectivity index (χ3v) is 5.23. The molecule has 1 aliphatic heterocycles. The first-order valence-corrected chi connectivity index (χ1v) is 9.17. The first-order valence-electron chi connectivity index (χ1n) is 9.17. The van der Waals surface area contributed by atoms with Gasteiger partial charge in [-0.2, -0.15) is 0 Å². The number of nitrogens with zero attached hydrogens (tertiary/aromatic N) is 1. The summed E-state index contributed by atoms with van der Waals surface area (Å²) in [5, 5.41) is 14.9. The molecule has 1 unspecified atom stereocenters. The Bertz CT molecular complexity index is 664. The molecule has 3 amide bonds. The molecule has 7 nitrogen and oxygen atoms in total. The molecule has 1 saturated carbocycles. The molecule has 0 bridgehead atoms. The Morgan fingerprint density at radius 1 is 1.04 bits per heavy atom. The van der Waals surface area contributed by atoms with E-state index in [2.05, 4.69) is 10.6 Å². The van der Waals surface area contributed by atoms with Crippen molar-refractivity contribution in [1.82, 2.24) is 10.2 Å². The standard InChI is InChI=1S/C19H25N3O4/c23-17(20-16-9-8-13(11-16)18(24)25)14-5-4-10-22(12-14)19(26)21-15-6-2-1-3-7-15/h1-3,6-7,13-14,16H,4-5,8-12H2,(H,20,23)(H,21,26)(H,24,25)/t13-,14?,16+/m0/s1. The van der Waals surface area contributed by atoms with Crippen molar-refractivity contribution in [3.63, 3.8) is 0 Å². The zero-order valence-electron chi connectivity index (χ0n) is 14.7. The summed E-state index contributed by atoms with van der Waals surface area (Å²) >= 11 is 0. The van der Waals surface area contributed by atoms with E-state index in [1.54, 1.807) is 4.90 Å². The van der Waals surface area contributed by atoms with Gasteiger partial charge in [0.05, 0.1) is 11.8 Å². The number of likely N-dealkylation sites (tertiary alicyclic amines) is 1. The van der Waals surface area contributed by atoms with Crippen LogP contribution in [-0.4, -0.2) is 47.0 Å². The number of aliphatic carboxylic acids is 1. The molecule has 7 heteroatoms. The maximum absolute atomic E-state index is 12.5. The molecule has 3 atom stereocenters. The van der Waals surface area contributed by atoms with Gasteiger partial charge >= 0.3 is 12.0 Å². The highest BCUT2D eigenvalue weighted by Gasteiger charge is 2.33. The highest BCUT2D eigenvalue weighted by molar-refractivity contribution is 5.90. The molecule has 2 aliphatic rings. The molecule has 1 saturated heterocycles. The lowest BCUT2D eigenvalue weighted by molar-refractivity contribution is -0.141. The number of urea groups is 1. The Morgan fingerprint density at radius 2 is 1.81 bits per heavy atom. The van der Waals surface area contributed by atoms with Crippen LogP contribution in [0.15, 0.2) is 30.3 Å². The second kappa shape index (κ2) is 8.21. The normalized spacial score (nSPS) is 25.5. The summed E-state index contributed by atoms with van der Waals surface area (Å²) in [7, 11) is 0. The number of para-hydroxylation sites is 1. The topological polar surface area (TPSA) is 98.7 Å². The van der Waals surface area contributed by atoms with Crippen LogP contribution in [0, 0.1) is 11.8 Å². The lowest BCUT2D eigenvalue weighted by Crippen LogP contribution is -2.48. The van der Waals surface area contributed by atoms with E-state index in [4.69, 9.17) is 5.11 Å². The number of benzene rings is 1. The van der Waals surface area contributed by atoms with E-state index in [9.17, 15) is 14.4 Å². The fourth-order valence-electron chi connectivity index (χ4n) is 3.76. The van der Waals surface area contributed by atoms with Gasteiger partial charge in [-0.1, -0.05) is 18.2 Å². The van der Waals surface area contributed by atoms with Gasteiger partial charge in [-0.3, -0.25) is 9.59 Å². The molecule has 26 heavy (non-hydrogen) atoms. The number of piperidine rings is 1. The average Bonchev–Trinajstić information content (AvgIpc) is 3.11. The maximum Gasteiger partial charge on any atom is 0.321 e. The van der Waals surface area contributed by atoms with Crippen LogP contribution in [0.25, 0.3) is 0 Å². The number of hydrogen-bond donors (Lipinski definition) is 3. The van der Waals surface area contributed by atoms with E-state index in [0.29, 0.717) is 32.4 Å². The van der Waals surface area contributed by atoms with Crippen molar-refractivity contribution >= 4 is 23.6 Å². The molecule has 1 aromatic carbocycles. The second-order valence-corrected chi connectivity index (χ2v) is 7.14. The third-order valence-electron chi connectivity index (χ3n) is 5.23. The van der Waals surface area contributed by atoms with Crippen LogP contribution in [0.2, 0.25) is 0 Å². The smallest absolute Gasteiger partial charge is 0.321 e. The van der Waals surface area contributed by atoms with E-state index in [0.717, 1.165) is 18.5 Å². The van der Waals surface area contributed by atoms with Gasteiger partial charge in [-0.25, -0.2) is 4.79 Å². The minimum atomic E-state index is -0.789. The van der Waals surface area contributed by atoms with E-state index < -0.39 is 5.97 Å². The minimum Gasteiger partial charge on any atom is -0.481 e. The predicted octanol–water partition coefficient (Wildman–Crippen LogP) is 2.30. The van der Waals surface area contributed by atoms with Crippen molar-refractivity contribution in [2.24, 2.45) is 11.8 Å². The lowest BCUT2D eigenvalue weighted by Gasteiger charge is -2.32. The van der Waals surface area contributed by atoms with Gasteiger partial charge < -0.3 is 20.6 Å². The highest BCUT2D eigenvalue weighted by Crippen LogP contribution is 2.26. The first kappa shape index (κ1) is 18.2. The van der Waals surface area contributed by atoms with Gasteiger partial charge in [-0.15, -0.1) is 0 Å². The van der Waals surface area contributed by atoms with E-state index in [-0.39, 0.29) is 29.8 Å². The van der Waals surface area contributed by atoms with Gasteiger partial charge in [0.25, 0.3) is 0 Å². The van der Waals surface area contributed by atoms with Gasteiger partial charge in [-0.05, 0) is 44.2 Å². The zero-order valence-corrected chi connectivity index (χ0v) is 14.7. The van der Waals surface area contributed by atoms with E-state index in [1.807, 2.05) is 30.3 Å². The SMILES string of the molecule is O=C(N[C@@H]1CC[C@H](C(=O)O)C1)C1CCCN(C(=O)Nc2ccccc2)C1. The summed E-state index contributed by atoms with van der Waals surface area (Å²) in [5.74, 6) is -1.46. The fourth-order valence-corrected chi connectivity index (χ4v) is 3.76.